The van der Waals surface area contributed by atoms with E-state index in [9.17, 15) is 0 Å². The van der Waals surface area contributed by atoms with Gasteiger partial charge in [0.25, 0.3) is 0 Å². The summed E-state index contributed by atoms with van der Waals surface area (Å²) in [7, 11) is 0. The largest absolute Gasteiger partial charge is 0.0683 e. The maximum Gasteiger partial charge on any atom is -0.0292 e. The van der Waals surface area contributed by atoms with Crippen LogP contribution in [0.25, 0.3) is 0 Å². The van der Waals surface area contributed by atoms with Gasteiger partial charge in [-0.25, -0.2) is 0 Å². The van der Waals surface area contributed by atoms with E-state index in [1.807, 2.05) is 13.8 Å². The molecule has 15 heavy (non-hydrogen) atoms. The standard InChI is InChI=1S/C13H24.C2H6/c1-11(2)12-9-13(10-12)7-5-3-4-6-8-13;1-2/h11-12H,3-10H2,1-2H3;1-2H3. The SMILES string of the molecule is CC.CC(C)C1CC2(CCCCCC2)C1. The third-order valence-electron chi connectivity index (χ3n) is 4.50. The summed E-state index contributed by atoms with van der Waals surface area (Å²) in [6.45, 7) is 8.79. The summed E-state index contributed by atoms with van der Waals surface area (Å²) in [5.74, 6) is 2.01. The van der Waals surface area contributed by atoms with E-state index in [-0.39, 0.29) is 0 Å². The maximum absolute atomic E-state index is 2.40. The van der Waals surface area contributed by atoms with E-state index in [2.05, 4.69) is 13.8 Å². The summed E-state index contributed by atoms with van der Waals surface area (Å²) >= 11 is 0. The Morgan fingerprint density at radius 3 is 1.73 bits per heavy atom. The first-order chi connectivity index (χ1) is 7.22. The van der Waals surface area contributed by atoms with Gasteiger partial charge >= 0.3 is 0 Å². The average molecular weight is 210 g/mol. The minimum Gasteiger partial charge on any atom is -0.0683 e. The molecule has 0 heteroatoms. The Balaban J connectivity index is 0.000000531. The summed E-state index contributed by atoms with van der Waals surface area (Å²) in [5, 5.41) is 0. The number of hydrogen-bond acceptors (Lipinski definition) is 0. The molecule has 0 radical (unpaired) electrons. The highest BCUT2D eigenvalue weighted by Gasteiger charge is 2.44. The maximum atomic E-state index is 2.40. The molecule has 2 aliphatic carbocycles. The molecule has 2 saturated carbocycles. The molecule has 0 unspecified atom stereocenters. The molecule has 0 aromatic carbocycles. The van der Waals surface area contributed by atoms with Crippen LogP contribution in [0, 0.1) is 17.3 Å². The van der Waals surface area contributed by atoms with E-state index >= 15 is 0 Å². The molecular weight excluding hydrogens is 180 g/mol. The topological polar surface area (TPSA) is 0 Å². The Labute approximate surface area is 96.8 Å². The van der Waals surface area contributed by atoms with Crippen molar-refractivity contribution in [2.24, 2.45) is 17.3 Å². The summed E-state index contributed by atoms with van der Waals surface area (Å²) in [5.41, 5.74) is 0.839. The molecule has 0 N–H and O–H groups in total. The van der Waals surface area contributed by atoms with Crippen molar-refractivity contribution in [2.45, 2.75) is 79.1 Å². The normalized spacial score (nSPS) is 25.4. The van der Waals surface area contributed by atoms with Crippen LogP contribution in [0.2, 0.25) is 0 Å². The van der Waals surface area contributed by atoms with Crippen molar-refractivity contribution in [3.05, 3.63) is 0 Å². The molecule has 0 heterocycles. The number of hydrogen-bond donors (Lipinski definition) is 0. The van der Waals surface area contributed by atoms with Crippen molar-refractivity contribution in [1.82, 2.24) is 0 Å². The molecular formula is C15H30. The quantitative estimate of drug-likeness (QED) is 0.542. The third kappa shape index (κ3) is 3.23. The fraction of sp³-hybridized carbons (Fsp3) is 1.00. The molecule has 2 fully saturated rings. The second kappa shape index (κ2) is 5.92. The Morgan fingerprint density at radius 1 is 0.867 bits per heavy atom. The Hall–Kier alpha value is 0. The minimum atomic E-state index is 0.839. The minimum absolute atomic E-state index is 0.839. The van der Waals surface area contributed by atoms with Crippen LogP contribution < -0.4 is 0 Å². The molecule has 2 aliphatic rings. The molecule has 0 nitrogen and oxygen atoms in total. The van der Waals surface area contributed by atoms with Gasteiger partial charge in [0.15, 0.2) is 0 Å². The Morgan fingerprint density at radius 2 is 1.33 bits per heavy atom. The second-order valence-electron chi connectivity index (χ2n) is 5.83. The molecule has 0 bridgehead atoms. The first-order valence-electron chi connectivity index (χ1n) is 7.22. The highest BCUT2D eigenvalue weighted by atomic mass is 14.5. The molecule has 0 aromatic heterocycles. The highest BCUT2D eigenvalue weighted by Crippen LogP contribution is 2.55. The zero-order valence-electron chi connectivity index (χ0n) is 11.3. The molecule has 2 rings (SSSR count). The molecule has 0 aliphatic heterocycles. The van der Waals surface area contributed by atoms with E-state index in [4.69, 9.17) is 0 Å². The average Bonchev–Trinajstić information content (AvgIpc) is 2.43. The van der Waals surface area contributed by atoms with Crippen LogP contribution in [-0.2, 0) is 0 Å². The zero-order chi connectivity index (χ0) is 11.3. The van der Waals surface area contributed by atoms with Gasteiger partial charge in [-0.1, -0.05) is 53.4 Å². The van der Waals surface area contributed by atoms with Gasteiger partial charge in [-0.05, 0) is 42.9 Å². The van der Waals surface area contributed by atoms with E-state index in [0.29, 0.717) is 0 Å². The van der Waals surface area contributed by atoms with Crippen molar-refractivity contribution in [3.63, 3.8) is 0 Å². The summed E-state index contributed by atoms with van der Waals surface area (Å²) in [4.78, 5) is 0. The van der Waals surface area contributed by atoms with Crippen molar-refractivity contribution in [3.8, 4) is 0 Å². The molecule has 1 spiro atoms. The zero-order valence-corrected chi connectivity index (χ0v) is 11.3. The van der Waals surface area contributed by atoms with E-state index in [1.54, 1.807) is 25.7 Å². The molecule has 90 valence electrons. The van der Waals surface area contributed by atoms with Crippen molar-refractivity contribution >= 4 is 0 Å². The summed E-state index contributed by atoms with van der Waals surface area (Å²) in [6.07, 6.45) is 12.3. The van der Waals surface area contributed by atoms with Gasteiger partial charge in [0, 0.05) is 0 Å². The predicted octanol–water partition coefficient (Wildman–Crippen LogP) is 5.42. The highest BCUT2D eigenvalue weighted by molar-refractivity contribution is 4.95. The van der Waals surface area contributed by atoms with Crippen LogP contribution in [-0.4, -0.2) is 0 Å². The van der Waals surface area contributed by atoms with Crippen molar-refractivity contribution in [2.75, 3.05) is 0 Å². The van der Waals surface area contributed by atoms with Gasteiger partial charge in [-0.3, -0.25) is 0 Å². The summed E-state index contributed by atoms with van der Waals surface area (Å²) < 4.78 is 0. The lowest BCUT2D eigenvalue weighted by atomic mass is 9.56. The second-order valence-corrected chi connectivity index (χ2v) is 5.83. The smallest absolute Gasteiger partial charge is 0.0292 e. The van der Waals surface area contributed by atoms with E-state index in [0.717, 1.165) is 17.3 Å². The van der Waals surface area contributed by atoms with Crippen LogP contribution in [0.5, 0.6) is 0 Å². The van der Waals surface area contributed by atoms with Crippen molar-refractivity contribution < 1.29 is 0 Å². The number of rotatable bonds is 1. The molecule has 0 atom stereocenters. The van der Waals surface area contributed by atoms with Crippen LogP contribution in [0.4, 0.5) is 0 Å². The lowest BCUT2D eigenvalue weighted by Crippen LogP contribution is -2.39. The molecule has 0 saturated heterocycles. The van der Waals surface area contributed by atoms with Gasteiger partial charge in [-0.2, -0.15) is 0 Å². The van der Waals surface area contributed by atoms with Crippen LogP contribution in [0.1, 0.15) is 79.1 Å². The van der Waals surface area contributed by atoms with Crippen molar-refractivity contribution in [1.29, 1.82) is 0 Å². The van der Waals surface area contributed by atoms with Gasteiger partial charge in [0.05, 0.1) is 0 Å². The lowest BCUT2D eigenvalue weighted by molar-refractivity contribution is 0.0112. The lowest BCUT2D eigenvalue weighted by Gasteiger charge is -2.50. The summed E-state index contributed by atoms with van der Waals surface area (Å²) in [6, 6.07) is 0. The van der Waals surface area contributed by atoms with Gasteiger partial charge in [-0.15, -0.1) is 0 Å². The third-order valence-corrected chi connectivity index (χ3v) is 4.50. The fourth-order valence-corrected chi connectivity index (χ4v) is 3.41. The van der Waals surface area contributed by atoms with Crippen LogP contribution >= 0.6 is 0 Å². The predicted molar refractivity (Wildman–Crippen MR) is 69.0 cm³/mol. The Bertz CT molecular complexity index is 153. The van der Waals surface area contributed by atoms with E-state index < -0.39 is 0 Å². The Kier molecular flexibility index (Phi) is 5.15. The molecule has 0 aromatic rings. The van der Waals surface area contributed by atoms with Crippen LogP contribution in [0.3, 0.4) is 0 Å². The van der Waals surface area contributed by atoms with Gasteiger partial charge < -0.3 is 0 Å². The monoisotopic (exact) mass is 210 g/mol. The molecule has 0 amide bonds. The first-order valence-corrected chi connectivity index (χ1v) is 7.22. The van der Waals surface area contributed by atoms with Gasteiger partial charge in [0.1, 0.15) is 0 Å². The first kappa shape index (κ1) is 13.1. The fourth-order valence-electron chi connectivity index (χ4n) is 3.41. The van der Waals surface area contributed by atoms with E-state index in [1.165, 1.54) is 25.7 Å². The van der Waals surface area contributed by atoms with Crippen LogP contribution in [0.15, 0.2) is 0 Å². The van der Waals surface area contributed by atoms with Gasteiger partial charge in [0.2, 0.25) is 0 Å².